The van der Waals surface area contributed by atoms with Crippen molar-refractivity contribution in [2.75, 3.05) is 6.61 Å². The number of rotatable bonds is 5. The van der Waals surface area contributed by atoms with Crippen molar-refractivity contribution in [3.05, 3.63) is 81.5 Å². The lowest BCUT2D eigenvalue weighted by Gasteiger charge is -2.11. The Bertz CT molecular complexity index is 1130. The van der Waals surface area contributed by atoms with E-state index < -0.39 is 11.4 Å². The fourth-order valence-electron chi connectivity index (χ4n) is 2.67. The molecule has 0 unspecified atom stereocenters. The van der Waals surface area contributed by atoms with E-state index >= 15 is 0 Å². The van der Waals surface area contributed by atoms with E-state index in [0.717, 1.165) is 0 Å². The molecule has 0 saturated carbocycles. The van der Waals surface area contributed by atoms with Crippen molar-refractivity contribution in [1.29, 1.82) is 0 Å². The van der Waals surface area contributed by atoms with E-state index in [4.69, 9.17) is 15.6 Å². The molecule has 0 fully saturated rings. The first-order valence-corrected chi connectivity index (χ1v) is 8.11. The summed E-state index contributed by atoms with van der Waals surface area (Å²) < 4.78 is 23.8. The molecule has 3 rings (SSSR count). The van der Waals surface area contributed by atoms with Gasteiger partial charge in [0.1, 0.15) is 23.7 Å². The van der Waals surface area contributed by atoms with E-state index in [1.807, 2.05) is 0 Å². The lowest BCUT2D eigenvalue weighted by molar-refractivity contribution is 0.104. The van der Waals surface area contributed by atoms with E-state index in [0.29, 0.717) is 16.5 Å². The summed E-state index contributed by atoms with van der Waals surface area (Å²) in [6.45, 7) is 1.72. The van der Waals surface area contributed by atoms with Gasteiger partial charge in [0, 0.05) is 11.5 Å². The molecule has 0 spiro atoms. The van der Waals surface area contributed by atoms with E-state index in [-0.39, 0.29) is 29.3 Å². The van der Waals surface area contributed by atoms with Crippen molar-refractivity contribution in [3.8, 4) is 18.1 Å². The summed E-state index contributed by atoms with van der Waals surface area (Å²) in [4.78, 5) is 24.7. The third-order valence-electron chi connectivity index (χ3n) is 3.94. The summed E-state index contributed by atoms with van der Waals surface area (Å²) in [5.41, 5.74) is 1.02. The number of ether oxygens (including phenoxy) is 1. The Labute approximate surface area is 154 Å². The number of carbonyl (C=O) groups excluding carboxylic acids is 1. The predicted octanol–water partition coefficient (Wildman–Crippen LogP) is 4.15. The number of terminal acetylenes is 1. The zero-order valence-corrected chi connectivity index (χ0v) is 14.5. The second-order valence-corrected chi connectivity index (χ2v) is 5.81. The van der Waals surface area contributed by atoms with Crippen LogP contribution in [-0.2, 0) is 0 Å². The lowest BCUT2D eigenvalue weighted by atomic mass is 10.0. The molecular weight excluding hydrogens is 347 g/mol. The normalized spacial score (nSPS) is 10.9. The molecular formula is C22H15FO4. The molecule has 2 aromatic carbocycles. The number of fused-ring (bicyclic) bond motifs is 1. The van der Waals surface area contributed by atoms with Crippen LogP contribution in [-0.4, -0.2) is 12.4 Å². The maximum atomic E-state index is 13.0. The van der Waals surface area contributed by atoms with Crippen LogP contribution in [0.4, 0.5) is 4.39 Å². The van der Waals surface area contributed by atoms with Gasteiger partial charge in [0.05, 0.1) is 0 Å². The Morgan fingerprint density at radius 3 is 2.70 bits per heavy atom. The molecule has 0 radical (unpaired) electrons. The largest absolute Gasteiger partial charge is 0.480 e. The van der Waals surface area contributed by atoms with Gasteiger partial charge in [-0.15, -0.1) is 6.42 Å². The van der Waals surface area contributed by atoms with E-state index in [9.17, 15) is 14.0 Å². The molecule has 0 saturated heterocycles. The second-order valence-electron chi connectivity index (χ2n) is 5.81. The SMILES string of the molecule is C#CCOc1ccc2c(C)cc(=O)oc2c1C(=O)/C=C/c1ccc(F)cc1. The molecule has 3 aromatic rings. The van der Waals surface area contributed by atoms with Crippen molar-refractivity contribution in [2.24, 2.45) is 0 Å². The van der Waals surface area contributed by atoms with E-state index in [2.05, 4.69) is 5.92 Å². The summed E-state index contributed by atoms with van der Waals surface area (Å²) in [7, 11) is 0. The van der Waals surface area contributed by atoms with Gasteiger partial charge in [0.2, 0.25) is 0 Å². The number of benzene rings is 2. The number of ketones is 1. The molecule has 0 bridgehead atoms. The van der Waals surface area contributed by atoms with Crippen LogP contribution in [0, 0.1) is 25.1 Å². The number of allylic oxidation sites excluding steroid dienone is 1. The quantitative estimate of drug-likeness (QED) is 0.296. The number of hydrogen-bond acceptors (Lipinski definition) is 4. The van der Waals surface area contributed by atoms with E-state index in [1.54, 1.807) is 37.3 Å². The molecule has 134 valence electrons. The zero-order valence-electron chi connectivity index (χ0n) is 14.5. The molecule has 1 aromatic heterocycles. The predicted molar refractivity (Wildman–Crippen MR) is 101 cm³/mol. The summed E-state index contributed by atoms with van der Waals surface area (Å²) in [5, 5.41) is 0.626. The van der Waals surface area contributed by atoms with Gasteiger partial charge < -0.3 is 9.15 Å². The standard InChI is InChI=1S/C22H15FO4/c1-3-12-26-19-11-9-17-14(2)13-20(25)27-22(17)21(19)18(24)10-6-15-4-7-16(23)8-5-15/h1,4-11,13H,12H2,2H3/b10-6+. The molecule has 0 N–H and O–H groups in total. The highest BCUT2D eigenvalue weighted by Crippen LogP contribution is 2.30. The Morgan fingerprint density at radius 2 is 2.00 bits per heavy atom. The third kappa shape index (κ3) is 3.96. The fourth-order valence-corrected chi connectivity index (χ4v) is 2.67. The van der Waals surface area contributed by atoms with Crippen molar-refractivity contribution in [2.45, 2.75) is 6.92 Å². The van der Waals surface area contributed by atoms with Gasteiger partial charge in [0.15, 0.2) is 11.4 Å². The van der Waals surface area contributed by atoms with Crippen LogP contribution in [0.5, 0.6) is 5.75 Å². The number of aryl methyl sites for hydroxylation is 1. The molecule has 27 heavy (non-hydrogen) atoms. The summed E-state index contributed by atoms with van der Waals surface area (Å²) in [6.07, 6.45) is 8.09. The lowest BCUT2D eigenvalue weighted by Crippen LogP contribution is -2.06. The first-order chi connectivity index (χ1) is 13.0. The molecule has 0 atom stereocenters. The Kier molecular flexibility index (Phi) is 5.18. The molecule has 0 aliphatic rings. The third-order valence-corrected chi connectivity index (χ3v) is 3.94. The highest BCUT2D eigenvalue weighted by atomic mass is 19.1. The van der Waals surface area contributed by atoms with Crippen molar-refractivity contribution in [1.82, 2.24) is 0 Å². The second kappa shape index (κ2) is 7.71. The summed E-state index contributed by atoms with van der Waals surface area (Å²) in [6, 6.07) is 10.4. The van der Waals surface area contributed by atoms with Crippen molar-refractivity contribution in [3.63, 3.8) is 0 Å². The monoisotopic (exact) mass is 362 g/mol. The van der Waals surface area contributed by atoms with E-state index in [1.165, 1.54) is 24.3 Å². The van der Waals surface area contributed by atoms with Gasteiger partial charge in [-0.3, -0.25) is 4.79 Å². The van der Waals surface area contributed by atoms with Crippen LogP contribution in [0.25, 0.3) is 17.0 Å². The maximum Gasteiger partial charge on any atom is 0.336 e. The minimum Gasteiger partial charge on any atom is -0.480 e. The molecule has 1 heterocycles. The average Bonchev–Trinajstić information content (AvgIpc) is 2.65. The van der Waals surface area contributed by atoms with Crippen LogP contribution >= 0.6 is 0 Å². The van der Waals surface area contributed by atoms with Crippen LogP contribution in [0.2, 0.25) is 0 Å². The van der Waals surface area contributed by atoms with Gasteiger partial charge in [0.25, 0.3) is 0 Å². The smallest absolute Gasteiger partial charge is 0.336 e. The highest BCUT2D eigenvalue weighted by Gasteiger charge is 2.18. The summed E-state index contributed by atoms with van der Waals surface area (Å²) in [5.74, 6) is 1.77. The summed E-state index contributed by atoms with van der Waals surface area (Å²) >= 11 is 0. The fraction of sp³-hybridized carbons (Fsp3) is 0.0909. The molecule has 5 heteroatoms. The molecule has 0 aliphatic heterocycles. The topological polar surface area (TPSA) is 56.5 Å². The van der Waals surface area contributed by atoms with Gasteiger partial charge in [-0.2, -0.15) is 0 Å². The highest BCUT2D eigenvalue weighted by molar-refractivity contribution is 6.15. The number of hydrogen-bond donors (Lipinski definition) is 0. The Hall–Kier alpha value is -3.65. The van der Waals surface area contributed by atoms with Crippen LogP contribution in [0.3, 0.4) is 0 Å². The van der Waals surface area contributed by atoms with Crippen LogP contribution in [0.15, 0.2) is 57.8 Å². The molecule has 4 nitrogen and oxygen atoms in total. The number of carbonyl (C=O) groups is 1. The molecule has 0 amide bonds. The van der Waals surface area contributed by atoms with Crippen molar-refractivity contribution >= 4 is 22.8 Å². The van der Waals surface area contributed by atoms with Crippen molar-refractivity contribution < 1.29 is 18.3 Å². The first-order valence-electron chi connectivity index (χ1n) is 8.11. The maximum absolute atomic E-state index is 13.0. The van der Waals surface area contributed by atoms with Crippen LogP contribution < -0.4 is 10.4 Å². The Morgan fingerprint density at radius 1 is 1.26 bits per heavy atom. The van der Waals surface area contributed by atoms with Gasteiger partial charge >= 0.3 is 5.63 Å². The van der Waals surface area contributed by atoms with Gasteiger partial charge in [-0.05, 0) is 48.4 Å². The minimum absolute atomic E-state index is 0.0382. The Balaban J connectivity index is 2.11. The van der Waals surface area contributed by atoms with Crippen LogP contribution in [0.1, 0.15) is 21.5 Å². The minimum atomic E-state index is -0.564. The zero-order chi connectivity index (χ0) is 19.4. The van der Waals surface area contributed by atoms with Gasteiger partial charge in [-0.1, -0.05) is 24.1 Å². The average molecular weight is 362 g/mol. The molecule has 0 aliphatic carbocycles. The first kappa shape index (κ1) is 18.2. The van der Waals surface area contributed by atoms with Gasteiger partial charge in [-0.25, -0.2) is 9.18 Å². The number of halogens is 1.